The predicted octanol–water partition coefficient (Wildman–Crippen LogP) is 6.95. The smallest absolute Gasteiger partial charge is 0.347 e. The first-order valence-corrected chi connectivity index (χ1v) is 38.9. The van der Waals surface area contributed by atoms with Crippen molar-refractivity contribution in [2.45, 2.75) is 273 Å². The van der Waals surface area contributed by atoms with Crippen LogP contribution in [0, 0.1) is 47.3 Å². The average molecular weight is 1530 g/mol. The van der Waals surface area contributed by atoms with E-state index in [1.54, 1.807) is 13.8 Å². The molecule has 3 aliphatic heterocycles. The highest BCUT2D eigenvalue weighted by Gasteiger charge is 2.56. The summed E-state index contributed by atoms with van der Waals surface area (Å²) in [5.41, 5.74) is -1.66. The van der Waals surface area contributed by atoms with Crippen molar-refractivity contribution < 1.29 is 92.7 Å². The molecule has 1 spiro atoms. The number of nitrogens with one attached hydrogen (secondary N) is 3. The van der Waals surface area contributed by atoms with Gasteiger partial charge in [-0.3, -0.25) is 57.5 Å². The van der Waals surface area contributed by atoms with Crippen LogP contribution in [0.1, 0.15) is 194 Å². The van der Waals surface area contributed by atoms with E-state index in [1.165, 1.54) is 80.9 Å². The summed E-state index contributed by atoms with van der Waals surface area (Å²) < 4.78 is 115. The zero-order valence-corrected chi connectivity index (χ0v) is 64.3. The van der Waals surface area contributed by atoms with Crippen LogP contribution >= 0.6 is 0 Å². The van der Waals surface area contributed by atoms with Gasteiger partial charge >= 0.3 is 12.4 Å². The molecule has 0 aromatic heterocycles. The highest BCUT2D eigenvalue weighted by atomic mass is 19.4. The molecule has 8 rings (SSSR count). The van der Waals surface area contributed by atoms with E-state index < -0.39 is 224 Å². The monoisotopic (exact) mass is 1530 g/mol. The van der Waals surface area contributed by atoms with Crippen LogP contribution in [0.5, 0.6) is 0 Å². The summed E-state index contributed by atoms with van der Waals surface area (Å²) in [5, 5.41) is 8.55. The van der Waals surface area contributed by atoms with Crippen molar-refractivity contribution in [1.82, 2.24) is 60.0 Å². The summed E-state index contributed by atoms with van der Waals surface area (Å²) in [6.07, 6.45) is -11.5. The third-order valence-electron chi connectivity index (χ3n) is 25.2. The molecule has 12 atom stereocenters. The zero-order chi connectivity index (χ0) is 79.1. The fourth-order valence-corrected chi connectivity index (χ4v) is 18.0. The molecule has 5 aliphatic carbocycles. The van der Waals surface area contributed by atoms with E-state index >= 15 is 47.1 Å². The van der Waals surface area contributed by atoms with Crippen LogP contribution in [-0.4, -0.2) is 276 Å². The van der Waals surface area contributed by atoms with Crippen molar-refractivity contribution in [2.75, 3.05) is 82.6 Å². The van der Waals surface area contributed by atoms with Crippen molar-refractivity contribution in [3.63, 3.8) is 0 Å². The summed E-state index contributed by atoms with van der Waals surface area (Å²) in [4.78, 5) is 192. The number of carbonyl (C=O) groups excluding carboxylic acids is 12. The van der Waals surface area contributed by atoms with Gasteiger partial charge in [0, 0.05) is 69.5 Å². The number of fused-ring (bicyclic) bond motifs is 3. The summed E-state index contributed by atoms with van der Waals surface area (Å²) >= 11 is 0. The molecule has 8 aliphatic rings. The number of alkyl halides is 8. The molecular weight excluding hydrogens is 1410 g/mol. The SMILES string of the molecule is CC[C@H](C)[C@@H]1NC(=O)[C@H](CC2CCC2)N(C)C(=O)C[C@@H](C(=O)N(C)C)N(C)C(=O)[C@H](C2CCCC2)N(C)C(=O)C2(CCCC2)NC(=O)[C@@H]2CCCN2C(=O)[C@H](CCC2CC(F)C(C(F)(F)F)C(F)C2)NC(=O)CN(C)C(=O)[C@H](CC2CCC(C(F)(F)F)CC2)N2C[C@H](C)CC[C@@H](C2=O)N(C)C(=O)CN(C)C1=O. The quantitative estimate of drug-likeness (QED) is 0.177. The molecule has 12 amide bonds. The Bertz CT molecular complexity index is 3190. The molecule has 2 bridgehead atoms. The summed E-state index contributed by atoms with van der Waals surface area (Å²) in [6.45, 7) is 3.72. The highest BCUT2D eigenvalue weighted by Crippen LogP contribution is 2.46. The molecular formula is C75H116F8N12O12. The van der Waals surface area contributed by atoms with Crippen molar-refractivity contribution in [1.29, 1.82) is 0 Å². The average Bonchev–Trinajstić information content (AvgIpc) is 1.71. The second-order valence-electron chi connectivity index (χ2n) is 32.9. The van der Waals surface area contributed by atoms with Gasteiger partial charge in [-0.15, -0.1) is 0 Å². The lowest BCUT2D eigenvalue weighted by Gasteiger charge is -2.42. The standard InChI is InChI=1S/C75H116F8N12O12/c1-12-44(3)62-70(105)89(7)42-60(98)90(8)54-31-24-43(2)40-95(69(54)104)57(38-46-25-28-49(29-26-46)74(78,79)80)68(103)88(6)41-58(96)84-52(30-27-47-35-50(76)61(51(77)36-47)75(81,82)83)66(101)94-34-18-23-53(94)65(100)86-73(32-15-16-33-73)72(107)93(11)63(48-21-13-14-22-48)71(106)92(10)56(67(102)87(4)5)39-59(97)91(9)55(64(99)85-62)37-45-19-17-20-45/h43-57,61-63H,12-42H2,1-11H3,(H,84,96)(H,85,99)(H,86,100)/t43-,44+,46?,47?,49?,50?,51?,52+,53+,54+,55+,56+,57+,61?,62+,63+/m1/s1. The Labute approximate surface area is 623 Å². The van der Waals surface area contributed by atoms with E-state index in [9.17, 15) is 45.5 Å². The minimum Gasteiger partial charge on any atom is -0.347 e. The van der Waals surface area contributed by atoms with Gasteiger partial charge in [-0.05, 0) is 151 Å². The van der Waals surface area contributed by atoms with Gasteiger partial charge < -0.3 is 60.0 Å². The molecule has 32 heteroatoms. The molecule has 3 saturated heterocycles. The minimum atomic E-state index is -5.20. The maximum absolute atomic E-state index is 15.6. The Morgan fingerprint density at radius 1 is 0.570 bits per heavy atom. The third kappa shape index (κ3) is 20.4. The second kappa shape index (κ2) is 36.3. The number of carbonyl (C=O) groups is 12. The number of nitrogens with zero attached hydrogens (tertiary/aromatic N) is 9. The molecule has 2 unspecified atom stereocenters. The normalized spacial score (nSPS) is 32.8. The van der Waals surface area contributed by atoms with Gasteiger partial charge in [0.05, 0.1) is 25.4 Å². The number of rotatable bonds is 11. The van der Waals surface area contributed by atoms with Crippen molar-refractivity contribution in [3.8, 4) is 0 Å². The summed E-state index contributed by atoms with van der Waals surface area (Å²) in [5.74, 6) is -16.4. The summed E-state index contributed by atoms with van der Waals surface area (Å²) in [7, 11) is 11.1. The van der Waals surface area contributed by atoms with Crippen molar-refractivity contribution >= 4 is 70.9 Å². The molecule has 8 fully saturated rings. The first kappa shape index (κ1) is 85.7. The molecule has 24 nitrogen and oxygen atoms in total. The molecule has 3 N–H and O–H groups in total. The number of amides is 12. The first-order chi connectivity index (χ1) is 50.2. The van der Waals surface area contributed by atoms with Crippen LogP contribution in [0.2, 0.25) is 0 Å². The number of hydrogen-bond donors (Lipinski definition) is 3. The van der Waals surface area contributed by atoms with Crippen LogP contribution in [0.3, 0.4) is 0 Å². The lowest BCUT2D eigenvalue weighted by Crippen LogP contribution is -2.65. The first-order valence-electron chi connectivity index (χ1n) is 38.9. The zero-order valence-electron chi connectivity index (χ0n) is 64.3. The fraction of sp³-hybridized carbons (Fsp3) is 0.840. The molecule has 0 aromatic carbocycles. The second-order valence-corrected chi connectivity index (χ2v) is 32.9. The lowest BCUT2D eigenvalue weighted by molar-refractivity contribution is -0.219. The van der Waals surface area contributed by atoms with Gasteiger partial charge in [-0.2, -0.15) is 26.3 Å². The van der Waals surface area contributed by atoms with Crippen molar-refractivity contribution in [3.05, 3.63) is 0 Å². The number of hydrogen-bond acceptors (Lipinski definition) is 12. The fourth-order valence-electron chi connectivity index (χ4n) is 18.0. The van der Waals surface area contributed by atoms with E-state index in [4.69, 9.17) is 0 Å². The van der Waals surface area contributed by atoms with Crippen LogP contribution in [0.25, 0.3) is 0 Å². The molecule has 0 radical (unpaired) electrons. The Kier molecular flexibility index (Phi) is 29.1. The Balaban J connectivity index is 1.19. The topological polar surface area (TPSA) is 270 Å². The third-order valence-corrected chi connectivity index (χ3v) is 25.2. The van der Waals surface area contributed by atoms with E-state index in [0.29, 0.717) is 51.4 Å². The van der Waals surface area contributed by atoms with E-state index in [2.05, 4.69) is 16.0 Å². The Hall–Kier alpha value is -6.92. The van der Waals surface area contributed by atoms with Crippen LogP contribution in [0.15, 0.2) is 0 Å². The van der Waals surface area contributed by atoms with Crippen LogP contribution in [-0.2, 0) is 57.5 Å². The Morgan fingerprint density at radius 3 is 1.74 bits per heavy atom. The van der Waals surface area contributed by atoms with Crippen LogP contribution < -0.4 is 16.0 Å². The van der Waals surface area contributed by atoms with Crippen molar-refractivity contribution in [2.24, 2.45) is 47.3 Å². The largest absolute Gasteiger partial charge is 0.397 e. The van der Waals surface area contributed by atoms with Gasteiger partial charge in [0.2, 0.25) is 70.9 Å². The molecule has 604 valence electrons. The predicted molar refractivity (Wildman–Crippen MR) is 377 cm³/mol. The highest BCUT2D eigenvalue weighted by molar-refractivity contribution is 6.01. The number of halogens is 8. The van der Waals surface area contributed by atoms with Gasteiger partial charge in [0.25, 0.3) is 0 Å². The molecule has 0 aromatic rings. The van der Waals surface area contributed by atoms with Gasteiger partial charge in [0.1, 0.15) is 72.1 Å². The molecule has 3 heterocycles. The van der Waals surface area contributed by atoms with E-state index in [-0.39, 0.29) is 102 Å². The molecule has 107 heavy (non-hydrogen) atoms. The van der Waals surface area contributed by atoms with Gasteiger partial charge in [0.15, 0.2) is 0 Å². The Morgan fingerprint density at radius 2 is 1.17 bits per heavy atom. The number of likely N-dealkylation sites (N-methyl/N-ethyl adjacent to an activating group) is 7. The van der Waals surface area contributed by atoms with Gasteiger partial charge in [-0.1, -0.05) is 72.1 Å². The maximum Gasteiger partial charge on any atom is 0.397 e. The van der Waals surface area contributed by atoms with Crippen LogP contribution in [0.4, 0.5) is 35.1 Å². The van der Waals surface area contributed by atoms with Gasteiger partial charge in [-0.25, -0.2) is 8.78 Å². The maximum atomic E-state index is 15.6. The summed E-state index contributed by atoms with van der Waals surface area (Å²) in [6, 6.07) is -10.9. The van der Waals surface area contributed by atoms with E-state index in [0.717, 1.165) is 38.9 Å². The minimum absolute atomic E-state index is 0.00206. The van der Waals surface area contributed by atoms with E-state index in [1.807, 2.05) is 6.92 Å². The lowest BCUT2D eigenvalue weighted by atomic mass is 9.76. The molecule has 5 saturated carbocycles.